The summed E-state index contributed by atoms with van der Waals surface area (Å²) in [4.78, 5) is 0.273. The summed E-state index contributed by atoms with van der Waals surface area (Å²) < 4.78 is 24.0. The first-order valence-electron chi connectivity index (χ1n) is 6.55. The van der Waals surface area contributed by atoms with Gasteiger partial charge in [0.25, 0.3) is 0 Å². The van der Waals surface area contributed by atoms with Crippen molar-refractivity contribution in [1.82, 2.24) is 10.2 Å². The van der Waals surface area contributed by atoms with Gasteiger partial charge in [0.1, 0.15) is 0 Å². The summed E-state index contributed by atoms with van der Waals surface area (Å²) >= 11 is 5.91. The van der Waals surface area contributed by atoms with Gasteiger partial charge in [0.05, 0.1) is 16.8 Å². The lowest BCUT2D eigenvalue weighted by atomic mass is 10.0. The highest BCUT2D eigenvalue weighted by atomic mass is 35.5. The quantitative estimate of drug-likeness (QED) is 0.793. The van der Waals surface area contributed by atoms with E-state index in [1.165, 1.54) is 6.26 Å². The number of nitrogens with one attached hydrogen (secondary N) is 1. The van der Waals surface area contributed by atoms with E-state index in [2.05, 4.69) is 10.2 Å². The standard InChI is InChI=1S/C16H13ClN2O2S/c1-22(20,21)15-5-3-2-4-13(15)16-14(10-18-19-16)11-6-8-12(17)9-7-11/h2-10H,1H3,(H,18,19). The zero-order valence-corrected chi connectivity index (χ0v) is 13.3. The van der Waals surface area contributed by atoms with Crippen LogP contribution in [0.15, 0.2) is 59.6 Å². The Morgan fingerprint density at radius 2 is 1.68 bits per heavy atom. The van der Waals surface area contributed by atoms with Crippen LogP contribution in [-0.4, -0.2) is 24.9 Å². The van der Waals surface area contributed by atoms with Gasteiger partial charge in [-0.05, 0) is 23.8 Å². The third-order valence-corrected chi connectivity index (χ3v) is 4.76. The Morgan fingerprint density at radius 1 is 1.00 bits per heavy atom. The van der Waals surface area contributed by atoms with Crippen molar-refractivity contribution in [3.63, 3.8) is 0 Å². The molecule has 0 amide bonds. The minimum absolute atomic E-state index is 0.273. The summed E-state index contributed by atoms with van der Waals surface area (Å²) in [6.07, 6.45) is 2.88. The lowest BCUT2D eigenvalue weighted by Crippen LogP contribution is -2.00. The number of hydrogen-bond acceptors (Lipinski definition) is 3. The number of sulfone groups is 1. The van der Waals surface area contributed by atoms with E-state index in [0.29, 0.717) is 16.3 Å². The maximum atomic E-state index is 12.0. The minimum atomic E-state index is -3.33. The number of H-pyrrole nitrogens is 1. The fourth-order valence-corrected chi connectivity index (χ4v) is 3.36. The van der Waals surface area contributed by atoms with Gasteiger partial charge in [-0.2, -0.15) is 5.10 Å². The van der Waals surface area contributed by atoms with Crippen LogP contribution in [0.5, 0.6) is 0 Å². The number of aromatic amines is 1. The molecule has 1 aromatic heterocycles. The smallest absolute Gasteiger partial charge is 0.176 e. The molecule has 4 nitrogen and oxygen atoms in total. The zero-order valence-electron chi connectivity index (χ0n) is 11.7. The molecule has 0 spiro atoms. The van der Waals surface area contributed by atoms with Crippen molar-refractivity contribution in [2.24, 2.45) is 0 Å². The molecule has 0 atom stereocenters. The van der Waals surface area contributed by atoms with Gasteiger partial charge in [-0.3, -0.25) is 5.10 Å². The Balaban J connectivity index is 2.20. The molecule has 0 unspecified atom stereocenters. The molecule has 0 fully saturated rings. The fourth-order valence-electron chi connectivity index (χ4n) is 2.34. The summed E-state index contributed by atoms with van der Waals surface area (Å²) in [5.41, 5.74) is 3.01. The van der Waals surface area contributed by atoms with Crippen LogP contribution in [0.4, 0.5) is 0 Å². The highest BCUT2D eigenvalue weighted by Crippen LogP contribution is 2.34. The van der Waals surface area contributed by atoms with Crippen molar-refractivity contribution in [3.8, 4) is 22.4 Å². The summed E-state index contributed by atoms with van der Waals surface area (Å²) in [6.45, 7) is 0. The van der Waals surface area contributed by atoms with E-state index in [9.17, 15) is 8.42 Å². The molecule has 22 heavy (non-hydrogen) atoms. The normalized spacial score (nSPS) is 11.5. The summed E-state index contributed by atoms with van der Waals surface area (Å²) in [6, 6.07) is 14.2. The maximum Gasteiger partial charge on any atom is 0.176 e. The second kappa shape index (κ2) is 5.59. The van der Waals surface area contributed by atoms with Gasteiger partial charge >= 0.3 is 0 Å². The van der Waals surface area contributed by atoms with Gasteiger partial charge in [0.15, 0.2) is 9.84 Å². The molecule has 0 bridgehead atoms. The van der Waals surface area contributed by atoms with Crippen LogP contribution in [0, 0.1) is 0 Å². The third kappa shape index (κ3) is 2.77. The largest absolute Gasteiger partial charge is 0.277 e. The van der Waals surface area contributed by atoms with Crippen LogP contribution in [0.1, 0.15) is 0 Å². The Morgan fingerprint density at radius 3 is 2.36 bits per heavy atom. The minimum Gasteiger partial charge on any atom is -0.277 e. The van der Waals surface area contributed by atoms with E-state index in [1.807, 2.05) is 12.1 Å². The van der Waals surface area contributed by atoms with Gasteiger partial charge in [-0.25, -0.2) is 8.42 Å². The van der Waals surface area contributed by atoms with Crippen LogP contribution in [0.2, 0.25) is 5.02 Å². The van der Waals surface area contributed by atoms with Crippen molar-refractivity contribution in [1.29, 1.82) is 0 Å². The average molecular weight is 333 g/mol. The molecule has 3 rings (SSSR count). The van der Waals surface area contributed by atoms with E-state index < -0.39 is 9.84 Å². The predicted molar refractivity (Wildman–Crippen MR) is 87.6 cm³/mol. The topological polar surface area (TPSA) is 62.8 Å². The second-order valence-electron chi connectivity index (χ2n) is 4.93. The second-order valence-corrected chi connectivity index (χ2v) is 7.35. The summed E-state index contributed by atoms with van der Waals surface area (Å²) in [5.74, 6) is 0. The number of halogens is 1. The predicted octanol–water partition coefficient (Wildman–Crippen LogP) is 3.80. The van der Waals surface area contributed by atoms with E-state index >= 15 is 0 Å². The Hall–Kier alpha value is -2.11. The number of nitrogens with zero attached hydrogens (tertiary/aromatic N) is 1. The molecule has 0 aliphatic rings. The SMILES string of the molecule is CS(=O)(=O)c1ccccc1-c1[nH]ncc1-c1ccc(Cl)cc1. The first kappa shape index (κ1) is 14.8. The van der Waals surface area contributed by atoms with Crippen LogP contribution in [-0.2, 0) is 9.84 Å². The van der Waals surface area contributed by atoms with Crippen LogP contribution in [0.3, 0.4) is 0 Å². The first-order valence-corrected chi connectivity index (χ1v) is 8.82. The molecule has 3 aromatic rings. The van der Waals surface area contributed by atoms with Crippen LogP contribution < -0.4 is 0 Å². The first-order chi connectivity index (χ1) is 10.5. The Kier molecular flexibility index (Phi) is 3.76. The van der Waals surface area contributed by atoms with Crippen molar-refractivity contribution >= 4 is 21.4 Å². The van der Waals surface area contributed by atoms with Crippen LogP contribution >= 0.6 is 11.6 Å². The molecule has 0 saturated heterocycles. The molecule has 0 aliphatic heterocycles. The lowest BCUT2D eigenvalue weighted by Gasteiger charge is -2.08. The summed E-state index contributed by atoms with van der Waals surface area (Å²) in [7, 11) is -3.33. The maximum absolute atomic E-state index is 12.0. The molecule has 0 radical (unpaired) electrons. The molecular formula is C16H13ClN2O2S. The Labute approximate surface area is 133 Å². The zero-order chi connectivity index (χ0) is 15.7. The highest BCUT2D eigenvalue weighted by Gasteiger charge is 2.18. The van der Waals surface area contributed by atoms with Gasteiger partial charge in [0, 0.05) is 22.4 Å². The monoisotopic (exact) mass is 332 g/mol. The molecule has 0 aliphatic carbocycles. The van der Waals surface area contributed by atoms with Gasteiger partial charge in [-0.15, -0.1) is 0 Å². The van der Waals surface area contributed by atoms with Gasteiger partial charge < -0.3 is 0 Å². The van der Waals surface area contributed by atoms with E-state index in [-0.39, 0.29) is 4.90 Å². The van der Waals surface area contributed by atoms with E-state index in [1.54, 1.807) is 42.6 Å². The lowest BCUT2D eigenvalue weighted by molar-refractivity contribution is 0.602. The van der Waals surface area contributed by atoms with Crippen molar-refractivity contribution < 1.29 is 8.42 Å². The number of aromatic nitrogens is 2. The molecule has 112 valence electrons. The molecule has 6 heteroatoms. The number of benzene rings is 2. The highest BCUT2D eigenvalue weighted by molar-refractivity contribution is 7.90. The van der Waals surface area contributed by atoms with Gasteiger partial charge in [0.2, 0.25) is 0 Å². The molecule has 1 N–H and O–H groups in total. The average Bonchev–Trinajstić information content (AvgIpc) is 2.96. The molecule has 2 aromatic carbocycles. The van der Waals surface area contributed by atoms with E-state index in [4.69, 9.17) is 11.6 Å². The fraction of sp³-hybridized carbons (Fsp3) is 0.0625. The van der Waals surface area contributed by atoms with Crippen molar-refractivity contribution in [3.05, 3.63) is 59.8 Å². The number of hydrogen-bond donors (Lipinski definition) is 1. The summed E-state index contributed by atoms with van der Waals surface area (Å²) in [5, 5.41) is 7.61. The Bertz CT molecular complexity index is 915. The molecule has 0 saturated carbocycles. The van der Waals surface area contributed by atoms with Crippen LogP contribution in [0.25, 0.3) is 22.4 Å². The molecular weight excluding hydrogens is 320 g/mol. The molecule has 1 heterocycles. The van der Waals surface area contributed by atoms with Crippen molar-refractivity contribution in [2.75, 3.05) is 6.26 Å². The number of rotatable bonds is 3. The van der Waals surface area contributed by atoms with Crippen molar-refractivity contribution in [2.45, 2.75) is 4.90 Å². The van der Waals surface area contributed by atoms with Gasteiger partial charge in [-0.1, -0.05) is 41.9 Å². The third-order valence-electron chi connectivity index (χ3n) is 3.35. The van der Waals surface area contributed by atoms with E-state index in [0.717, 1.165) is 11.1 Å².